The van der Waals surface area contributed by atoms with Gasteiger partial charge in [0.1, 0.15) is 12.6 Å². The second-order valence-electron chi connectivity index (χ2n) is 8.35. The van der Waals surface area contributed by atoms with Crippen molar-refractivity contribution in [3.05, 3.63) is 63.6 Å². The topological polar surface area (TPSA) is 86.8 Å². The fraction of sp³-hybridized carbons (Fsp3) is 0.417. The van der Waals surface area contributed by atoms with E-state index in [0.29, 0.717) is 0 Å². The minimum absolute atomic E-state index is 0.0233. The second-order valence-corrected chi connectivity index (χ2v) is 11.0. The van der Waals surface area contributed by atoms with Crippen molar-refractivity contribution >= 4 is 50.7 Å². The summed E-state index contributed by atoms with van der Waals surface area (Å²) < 4.78 is 26.1. The van der Waals surface area contributed by atoms with E-state index < -0.39 is 28.5 Å². The van der Waals surface area contributed by atoms with E-state index in [-0.39, 0.29) is 34.2 Å². The molecule has 2 aromatic carbocycles. The van der Waals surface area contributed by atoms with Crippen molar-refractivity contribution in [3.8, 4) is 0 Å². The van der Waals surface area contributed by atoms with Crippen LogP contribution in [-0.2, 0) is 26.2 Å². The maximum atomic E-state index is 13.5. The zero-order valence-electron chi connectivity index (χ0n) is 20.0. The lowest BCUT2D eigenvalue weighted by Gasteiger charge is -2.32. The molecule has 2 rings (SSSR count). The van der Waals surface area contributed by atoms with Crippen molar-refractivity contribution in [2.24, 2.45) is 0 Å². The van der Waals surface area contributed by atoms with Crippen LogP contribution >= 0.6 is 23.2 Å². The fourth-order valence-electron chi connectivity index (χ4n) is 3.34. The summed E-state index contributed by atoms with van der Waals surface area (Å²) >= 11 is 12.3. The Kier molecular flexibility index (Phi) is 9.79. The van der Waals surface area contributed by atoms with Crippen molar-refractivity contribution in [2.45, 2.75) is 52.7 Å². The molecule has 0 aliphatic heterocycles. The number of hydrogen-bond acceptors (Lipinski definition) is 4. The SMILES string of the molecule is CC[C@@H](C)NC(=O)[C@@H](C)N(Cc1cccc(C)c1)C(=O)CN(c1cccc(Cl)c1Cl)S(C)(=O)=O. The summed E-state index contributed by atoms with van der Waals surface area (Å²) in [4.78, 5) is 27.8. The highest BCUT2D eigenvalue weighted by atomic mass is 35.5. The first kappa shape index (κ1) is 28.0. The predicted molar refractivity (Wildman–Crippen MR) is 138 cm³/mol. The minimum Gasteiger partial charge on any atom is -0.352 e. The summed E-state index contributed by atoms with van der Waals surface area (Å²) in [7, 11) is -3.89. The number of sulfonamides is 1. The van der Waals surface area contributed by atoms with Gasteiger partial charge in [-0.15, -0.1) is 0 Å². The first-order valence-corrected chi connectivity index (χ1v) is 13.5. The van der Waals surface area contributed by atoms with Crippen molar-refractivity contribution < 1.29 is 18.0 Å². The van der Waals surface area contributed by atoms with Crippen LogP contribution in [0.4, 0.5) is 5.69 Å². The van der Waals surface area contributed by atoms with Gasteiger partial charge in [0.2, 0.25) is 21.8 Å². The molecule has 0 heterocycles. The molecule has 0 aromatic heterocycles. The van der Waals surface area contributed by atoms with Gasteiger partial charge < -0.3 is 10.2 Å². The van der Waals surface area contributed by atoms with Gasteiger partial charge in [0, 0.05) is 12.6 Å². The third-order valence-electron chi connectivity index (χ3n) is 5.48. The molecule has 186 valence electrons. The van der Waals surface area contributed by atoms with Gasteiger partial charge in [0.15, 0.2) is 0 Å². The molecule has 0 aliphatic carbocycles. The average molecular weight is 529 g/mol. The summed E-state index contributed by atoms with van der Waals surface area (Å²) in [5.41, 5.74) is 1.92. The standard InChI is InChI=1S/C24H31Cl2N3O4S/c1-6-17(3)27-24(31)18(4)28(14-19-10-7-9-16(2)13-19)22(30)15-29(34(5,32)33)21-12-8-11-20(25)23(21)26/h7-13,17-18H,6,14-15H2,1-5H3,(H,27,31)/t17-,18-/m1/s1. The third-order valence-corrected chi connectivity index (χ3v) is 7.42. The van der Waals surface area contributed by atoms with Crippen LogP contribution in [0.2, 0.25) is 10.0 Å². The molecule has 0 fully saturated rings. The molecule has 0 saturated heterocycles. The Balaban J connectivity index is 2.43. The number of rotatable bonds is 10. The van der Waals surface area contributed by atoms with Gasteiger partial charge in [-0.2, -0.15) is 0 Å². The van der Waals surface area contributed by atoms with Gasteiger partial charge in [-0.05, 0) is 44.9 Å². The van der Waals surface area contributed by atoms with Gasteiger partial charge in [-0.25, -0.2) is 8.42 Å². The van der Waals surface area contributed by atoms with Gasteiger partial charge in [-0.3, -0.25) is 13.9 Å². The molecule has 1 N–H and O–H groups in total. The predicted octanol–water partition coefficient (Wildman–Crippen LogP) is 4.40. The molecule has 10 heteroatoms. The Morgan fingerprint density at radius 2 is 1.74 bits per heavy atom. The number of benzene rings is 2. The summed E-state index contributed by atoms with van der Waals surface area (Å²) in [5, 5.41) is 3.08. The molecule has 0 bridgehead atoms. The molecule has 2 amide bonds. The highest BCUT2D eigenvalue weighted by molar-refractivity contribution is 7.92. The zero-order chi connectivity index (χ0) is 25.6. The van der Waals surface area contributed by atoms with E-state index in [2.05, 4.69) is 5.32 Å². The number of hydrogen-bond donors (Lipinski definition) is 1. The van der Waals surface area contributed by atoms with Crippen LogP contribution in [0.25, 0.3) is 0 Å². The number of amides is 2. The van der Waals surface area contributed by atoms with Crippen LogP contribution in [-0.4, -0.2) is 50.0 Å². The molecule has 7 nitrogen and oxygen atoms in total. The van der Waals surface area contributed by atoms with E-state index >= 15 is 0 Å². The Morgan fingerprint density at radius 3 is 2.32 bits per heavy atom. The number of nitrogens with zero attached hydrogens (tertiary/aromatic N) is 2. The van der Waals surface area contributed by atoms with Crippen LogP contribution in [0.15, 0.2) is 42.5 Å². The van der Waals surface area contributed by atoms with Gasteiger partial charge in [0.25, 0.3) is 0 Å². The van der Waals surface area contributed by atoms with Crippen LogP contribution < -0.4 is 9.62 Å². The molecule has 0 unspecified atom stereocenters. The average Bonchev–Trinajstić information content (AvgIpc) is 2.76. The number of carbonyl (C=O) groups excluding carboxylic acids is 2. The molecule has 0 saturated carbocycles. The monoisotopic (exact) mass is 527 g/mol. The first-order chi connectivity index (χ1) is 15.8. The van der Waals surface area contributed by atoms with E-state index in [9.17, 15) is 18.0 Å². The summed E-state index contributed by atoms with van der Waals surface area (Å²) in [5.74, 6) is -0.864. The minimum atomic E-state index is -3.89. The maximum absolute atomic E-state index is 13.5. The third kappa shape index (κ3) is 7.35. The number of halogens is 2. The van der Waals surface area contributed by atoms with E-state index in [1.54, 1.807) is 13.0 Å². The number of aryl methyl sites for hydroxylation is 1. The number of carbonyl (C=O) groups is 2. The van der Waals surface area contributed by atoms with Gasteiger partial charge in [-0.1, -0.05) is 66.0 Å². The number of nitrogens with one attached hydrogen (secondary N) is 1. The lowest BCUT2D eigenvalue weighted by Crippen LogP contribution is -2.52. The quantitative estimate of drug-likeness (QED) is 0.495. The maximum Gasteiger partial charge on any atom is 0.244 e. The Hall–Kier alpha value is -2.29. The highest BCUT2D eigenvalue weighted by Crippen LogP contribution is 2.33. The van der Waals surface area contributed by atoms with Crippen LogP contribution in [0.3, 0.4) is 0 Å². The van der Waals surface area contributed by atoms with Crippen molar-refractivity contribution in [2.75, 3.05) is 17.1 Å². The van der Waals surface area contributed by atoms with E-state index in [4.69, 9.17) is 23.2 Å². The molecule has 0 spiro atoms. The summed E-state index contributed by atoms with van der Waals surface area (Å²) in [6, 6.07) is 11.2. The number of anilines is 1. The molecule has 0 radical (unpaired) electrons. The Bertz CT molecular complexity index is 1140. The molecular formula is C24H31Cl2N3O4S. The Morgan fingerprint density at radius 1 is 1.09 bits per heavy atom. The smallest absolute Gasteiger partial charge is 0.244 e. The molecule has 34 heavy (non-hydrogen) atoms. The fourth-order valence-corrected chi connectivity index (χ4v) is 4.64. The van der Waals surface area contributed by atoms with Crippen molar-refractivity contribution in [1.29, 1.82) is 0 Å². The van der Waals surface area contributed by atoms with E-state index in [1.165, 1.54) is 17.0 Å². The molecule has 0 aliphatic rings. The molecule has 2 atom stereocenters. The van der Waals surface area contributed by atoms with Crippen molar-refractivity contribution in [3.63, 3.8) is 0 Å². The highest BCUT2D eigenvalue weighted by Gasteiger charge is 2.31. The zero-order valence-corrected chi connectivity index (χ0v) is 22.3. The van der Waals surface area contributed by atoms with Gasteiger partial charge in [0.05, 0.1) is 22.0 Å². The van der Waals surface area contributed by atoms with E-state index in [1.807, 2.05) is 45.0 Å². The van der Waals surface area contributed by atoms with Crippen LogP contribution in [0.1, 0.15) is 38.3 Å². The van der Waals surface area contributed by atoms with E-state index in [0.717, 1.165) is 28.1 Å². The van der Waals surface area contributed by atoms with Crippen LogP contribution in [0.5, 0.6) is 0 Å². The Labute approximate surface area is 212 Å². The normalized spacial score (nSPS) is 13.1. The van der Waals surface area contributed by atoms with Crippen molar-refractivity contribution in [1.82, 2.24) is 10.2 Å². The summed E-state index contributed by atoms with van der Waals surface area (Å²) in [6.07, 6.45) is 1.72. The van der Waals surface area contributed by atoms with Gasteiger partial charge >= 0.3 is 0 Å². The molecule has 2 aromatic rings. The van der Waals surface area contributed by atoms with Crippen LogP contribution in [0, 0.1) is 6.92 Å². The molecular weight excluding hydrogens is 497 g/mol. The second kappa shape index (κ2) is 11.9. The summed E-state index contributed by atoms with van der Waals surface area (Å²) in [6.45, 7) is 6.99. The lowest BCUT2D eigenvalue weighted by molar-refractivity contribution is -0.139. The largest absolute Gasteiger partial charge is 0.352 e. The lowest BCUT2D eigenvalue weighted by atomic mass is 10.1. The first-order valence-electron chi connectivity index (χ1n) is 10.9.